The molecule has 0 amide bonds. The third-order valence-electron chi connectivity index (χ3n) is 4.43. The van der Waals surface area contributed by atoms with E-state index in [4.69, 9.17) is 0 Å². The quantitative estimate of drug-likeness (QED) is 0.657. The highest BCUT2D eigenvalue weighted by Gasteiger charge is 2.15. The molecule has 0 bridgehead atoms. The smallest absolute Gasteiger partial charge is 0.209 e. The van der Waals surface area contributed by atoms with Crippen LogP contribution in [0.25, 0.3) is 0 Å². The zero-order chi connectivity index (χ0) is 18.0. The minimum absolute atomic E-state index is 0.0346. The molecule has 3 nitrogen and oxygen atoms in total. The zero-order valence-electron chi connectivity index (χ0n) is 14.7. The van der Waals surface area contributed by atoms with Gasteiger partial charge in [0.15, 0.2) is 0 Å². The molecule has 0 atom stereocenters. The number of nitrogens with zero attached hydrogens (tertiary/aromatic N) is 2. The molecule has 3 aromatic rings. The van der Waals surface area contributed by atoms with Crippen LogP contribution in [0.4, 0.5) is 10.1 Å². The Morgan fingerprint density at radius 2 is 1.68 bits per heavy atom. The lowest BCUT2D eigenvalue weighted by atomic mass is 10.1. The molecule has 2 aromatic carbocycles. The molecule has 0 saturated heterocycles. The first-order valence-electron chi connectivity index (χ1n) is 8.17. The average Bonchev–Trinajstić information content (AvgIpc) is 2.97. The summed E-state index contributed by atoms with van der Waals surface area (Å²) >= 11 is 0. The monoisotopic (exact) mass is 336 g/mol. The van der Waals surface area contributed by atoms with Gasteiger partial charge in [0.1, 0.15) is 5.82 Å². The van der Waals surface area contributed by atoms with Crippen LogP contribution in [0, 0.1) is 5.82 Å². The average molecular weight is 336 g/mol. The summed E-state index contributed by atoms with van der Waals surface area (Å²) in [6.07, 6.45) is 0.454. The first-order chi connectivity index (χ1) is 12.0. The van der Waals surface area contributed by atoms with Gasteiger partial charge in [-0.15, -0.1) is 0 Å². The number of carbonyl (C=O) groups excluding carboxylic acids is 1. The number of ketones is 1. The van der Waals surface area contributed by atoms with Crippen LogP contribution in [0.15, 0.2) is 60.7 Å². The molecule has 0 aliphatic rings. The molecule has 0 unspecified atom stereocenters. The third kappa shape index (κ3) is 3.48. The molecule has 25 heavy (non-hydrogen) atoms. The van der Waals surface area contributed by atoms with E-state index in [1.165, 1.54) is 6.07 Å². The number of halogens is 1. The minimum atomic E-state index is -0.226. The van der Waals surface area contributed by atoms with E-state index >= 15 is 0 Å². The Labute approximate surface area is 147 Å². The van der Waals surface area contributed by atoms with Gasteiger partial charge in [-0.1, -0.05) is 18.2 Å². The number of anilines is 1. The highest BCUT2D eigenvalue weighted by Crippen LogP contribution is 2.19. The van der Waals surface area contributed by atoms with Crippen molar-refractivity contribution in [2.75, 3.05) is 19.0 Å². The maximum Gasteiger partial charge on any atom is 0.209 e. The molecule has 1 heterocycles. The lowest BCUT2D eigenvalue weighted by molar-refractivity contribution is 0.103. The normalized spacial score (nSPS) is 10.7. The van der Waals surface area contributed by atoms with E-state index < -0.39 is 0 Å². The standard InChI is InChI=1S/C21H21FN2O/c1-23(2)17-10-8-15(9-11-17)21(25)20-13-12-18(24(20)3)14-16-6-4-5-7-19(16)22/h4-13H,14H2,1-3H3. The number of carbonyl (C=O) groups is 1. The van der Waals surface area contributed by atoms with Crippen LogP contribution < -0.4 is 4.90 Å². The molecule has 0 saturated carbocycles. The second-order valence-corrected chi connectivity index (χ2v) is 6.31. The van der Waals surface area contributed by atoms with E-state index in [9.17, 15) is 9.18 Å². The van der Waals surface area contributed by atoms with Crippen molar-refractivity contribution in [2.24, 2.45) is 7.05 Å². The fourth-order valence-electron chi connectivity index (χ4n) is 2.85. The molecule has 0 N–H and O–H groups in total. The SMILES string of the molecule is CN(C)c1ccc(C(=O)c2ccc(Cc3ccccc3F)n2C)cc1. The van der Waals surface area contributed by atoms with Crippen molar-refractivity contribution < 1.29 is 9.18 Å². The molecule has 128 valence electrons. The van der Waals surface area contributed by atoms with Gasteiger partial charge in [0.05, 0.1) is 5.69 Å². The molecular formula is C21H21FN2O. The third-order valence-corrected chi connectivity index (χ3v) is 4.43. The van der Waals surface area contributed by atoms with Crippen molar-refractivity contribution in [3.63, 3.8) is 0 Å². The molecule has 4 heteroatoms. The van der Waals surface area contributed by atoms with E-state index in [0.717, 1.165) is 11.4 Å². The van der Waals surface area contributed by atoms with E-state index in [0.29, 0.717) is 23.2 Å². The number of hydrogen-bond acceptors (Lipinski definition) is 2. The second kappa shape index (κ2) is 6.93. The van der Waals surface area contributed by atoms with Gasteiger partial charge in [0.25, 0.3) is 0 Å². The van der Waals surface area contributed by atoms with Crippen molar-refractivity contribution in [1.82, 2.24) is 4.57 Å². The van der Waals surface area contributed by atoms with Gasteiger partial charge in [-0.2, -0.15) is 0 Å². The van der Waals surface area contributed by atoms with Gasteiger partial charge in [0, 0.05) is 44.5 Å². The van der Waals surface area contributed by atoms with Gasteiger partial charge < -0.3 is 9.47 Å². The topological polar surface area (TPSA) is 25.2 Å². The van der Waals surface area contributed by atoms with E-state index in [1.54, 1.807) is 18.2 Å². The summed E-state index contributed by atoms with van der Waals surface area (Å²) in [5.41, 5.74) is 3.81. The molecule has 0 spiro atoms. The molecule has 0 fully saturated rings. The molecule has 1 aromatic heterocycles. The summed E-state index contributed by atoms with van der Waals surface area (Å²) in [4.78, 5) is 14.8. The van der Waals surface area contributed by atoms with E-state index in [1.807, 2.05) is 67.0 Å². The van der Waals surface area contributed by atoms with Crippen LogP contribution in [0.3, 0.4) is 0 Å². The summed E-state index contributed by atoms with van der Waals surface area (Å²) in [6, 6.07) is 17.9. The molecule has 3 rings (SSSR count). The fourth-order valence-corrected chi connectivity index (χ4v) is 2.85. The van der Waals surface area contributed by atoms with Gasteiger partial charge in [-0.05, 0) is 48.0 Å². The number of hydrogen-bond donors (Lipinski definition) is 0. The Balaban J connectivity index is 1.85. The summed E-state index contributed by atoms with van der Waals surface area (Å²) in [5, 5.41) is 0. The van der Waals surface area contributed by atoms with Crippen molar-refractivity contribution in [3.8, 4) is 0 Å². The van der Waals surface area contributed by atoms with Crippen LogP contribution in [0.1, 0.15) is 27.3 Å². The van der Waals surface area contributed by atoms with Crippen molar-refractivity contribution in [2.45, 2.75) is 6.42 Å². The van der Waals surface area contributed by atoms with Crippen LogP contribution in [0.2, 0.25) is 0 Å². The first kappa shape index (κ1) is 17.0. The molecule has 0 aliphatic heterocycles. The predicted molar refractivity (Wildman–Crippen MR) is 98.8 cm³/mol. The van der Waals surface area contributed by atoms with Crippen LogP contribution >= 0.6 is 0 Å². The van der Waals surface area contributed by atoms with Crippen LogP contribution in [0.5, 0.6) is 0 Å². The Morgan fingerprint density at radius 3 is 2.32 bits per heavy atom. The van der Waals surface area contributed by atoms with Crippen LogP contribution in [-0.4, -0.2) is 24.4 Å². The Bertz CT molecular complexity index is 895. The van der Waals surface area contributed by atoms with Gasteiger partial charge in [-0.25, -0.2) is 4.39 Å². The molecule has 0 aliphatic carbocycles. The van der Waals surface area contributed by atoms with Crippen molar-refractivity contribution in [1.29, 1.82) is 0 Å². The highest BCUT2D eigenvalue weighted by atomic mass is 19.1. The molecule has 0 radical (unpaired) electrons. The Kier molecular flexibility index (Phi) is 4.70. The van der Waals surface area contributed by atoms with Gasteiger partial charge in [-0.3, -0.25) is 4.79 Å². The van der Waals surface area contributed by atoms with E-state index in [-0.39, 0.29) is 11.6 Å². The second-order valence-electron chi connectivity index (χ2n) is 6.31. The Hall–Kier alpha value is -2.88. The van der Waals surface area contributed by atoms with Crippen molar-refractivity contribution >= 4 is 11.5 Å². The number of aromatic nitrogens is 1. The maximum absolute atomic E-state index is 13.9. The van der Waals surface area contributed by atoms with Crippen molar-refractivity contribution in [3.05, 3.63) is 89.0 Å². The maximum atomic E-state index is 13.9. The summed E-state index contributed by atoms with van der Waals surface area (Å²) in [5.74, 6) is -0.261. The van der Waals surface area contributed by atoms with Gasteiger partial charge >= 0.3 is 0 Å². The highest BCUT2D eigenvalue weighted by molar-refractivity contribution is 6.08. The Morgan fingerprint density at radius 1 is 1.00 bits per heavy atom. The number of rotatable bonds is 5. The minimum Gasteiger partial charge on any atom is -0.378 e. The van der Waals surface area contributed by atoms with Gasteiger partial charge in [0.2, 0.25) is 5.78 Å². The summed E-state index contributed by atoms with van der Waals surface area (Å²) < 4.78 is 15.7. The fraction of sp³-hybridized carbons (Fsp3) is 0.190. The largest absolute Gasteiger partial charge is 0.378 e. The predicted octanol–water partition coefficient (Wildman–Crippen LogP) is 4.05. The lowest BCUT2D eigenvalue weighted by Gasteiger charge is -2.12. The summed E-state index contributed by atoms with van der Waals surface area (Å²) in [6.45, 7) is 0. The van der Waals surface area contributed by atoms with Crippen LogP contribution in [-0.2, 0) is 13.5 Å². The number of benzene rings is 2. The lowest BCUT2D eigenvalue weighted by Crippen LogP contribution is -2.11. The van der Waals surface area contributed by atoms with E-state index in [2.05, 4.69) is 0 Å². The first-order valence-corrected chi connectivity index (χ1v) is 8.17. The summed E-state index contributed by atoms with van der Waals surface area (Å²) in [7, 11) is 5.77. The zero-order valence-corrected chi connectivity index (χ0v) is 14.7. The molecular weight excluding hydrogens is 315 g/mol.